The summed E-state index contributed by atoms with van der Waals surface area (Å²) in [5.41, 5.74) is 0.534. The molecule has 0 aliphatic carbocycles. The maximum atomic E-state index is 10.7. The maximum Gasteiger partial charge on any atom is 0.175 e. The third-order valence-corrected chi connectivity index (χ3v) is 2.53. The van der Waals surface area contributed by atoms with E-state index >= 15 is 0 Å². The second kappa shape index (κ2) is 6.42. The molecule has 0 fully saturated rings. The van der Waals surface area contributed by atoms with Crippen molar-refractivity contribution in [3.05, 3.63) is 23.2 Å². The van der Waals surface area contributed by atoms with Gasteiger partial charge in [0.05, 0.1) is 25.4 Å². The Kier molecular flexibility index (Phi) is 5.18. The average Bonchev–Trinajstić information content (AvgIpc) is 2.34. The summed E-state index contributed by atoms with van der Waals surface area (Å²) in [6.07, 6.45) is 1.99. The summed E-state index contributed by atoms with van der Waals surface area (Å²) >= 11 is 0. The van der Waals surface area contributed by atoms with Crippen LogP contribution in [0.3, 0.4) is 0 Å². The third kappa shape index (κ3) is 3.57. The molecule has 0 aromatic carbocycles. The van der Waals surface area contributed by atoms with E-state index in [1.54, 1.807) is 6.92 Å². The summed E-state index contributed by atoms with van der Waals surface area (Å²) in [6, 6.07) is 0. The van der Waals surface area contributed by atoms with Gasteiger partial charge in [0.1, 0.15) is 11.5 Å². The van der Waals surface area contributed by atoms with Gasteiger partial charge in [-0.05, 0) is 13.3 Å². The van der Waals surface area contributed by atoms with Crippen molar-refractivity contribution in [3.63, 3.8) is 0 Å². The van der Waals surface area contributed by atoms with E-state index in [1.807, 2.05) is 0 Å². The standard InChI is InChI=1S/C12H18O5/c1-8(15)3-4-11-10(7-14)12(16-2)5-9(6-13)17-11/h5-6,8-9,14-15H,3-4,7H2,1-2H3. The topological polar surface area (TPSA) is 76.0 Å². The fourth-order valence-corrected chi connectivity index (χ4v) is 1.63. The minimum absolute atomic E-state index is 0.222. The van der Waals surface area contributed by atoms with Crippen molar-refractivity contribution < 1.29 is 24.5 Å². The first kappa shape index (κ1) is 13.7. The predicted molar refractivity (Wildman–Crippen MR) is 61.1 cm³/mol. The van der Waals surface area contributed by atoms with Crippen molar-refractivity contribution in [2.24, 2.45) is 0 Å². The van der Waals surface area contributed by atoms with Crippen LogP contribution >= 0.6 is 0 Å². The van der Waals surface area contributed by atoms with Crippen LogP contribution < -0.4 is 0 Å². The third-order valence-electron chi connectivity index (χ3n) is 2.53. The molecule has 2 atom stereocenters. The minimum Gasteiger partial charge on any atom is -0.496 e. The monoisotopic (exact) mass is 242 g/mol. The van der Waals surface area contributed by atoms with Crippen LogP contribution in [-0.4, -0.2) is 42.4 Å². The Bertz CT molecular complexity index is 330. The Hall–Kier alpha value is -1.33. The molecule has 2 N–H and O–H groups in total. The Morgan fingerprint density at radius 2 is 2.35 bits per heavy atom. The van der Waals surface area contributed by atoms with E-state index in [4.69, 9.17) is 9.47 Å². The zero-order chi connectivity index (χ0) is 12.8. The highest BCUT2D eigenvalue weighted by molar-refractivity contribution is 5.61. The Balaban J connectivity index is 2.89. The van der Waals surface area contributed by atoms with E-state index in [9.17, 15) is 15.0 Å². The zero-order valence-electron chi connectivity index (χ0n) is 10.0. The molecule has 0 amide bonds. The lowest BCUT2D eigenvalue weighted by Gasteiger charge is -2.24. The summed E-state index contributed by atoms with van der Waals surface area (Å²) in [6.45, 7) is 1.45. The molecule has 0 aromatic rings. The summed E-state index contributed by atoms with van der Waals surface area (Å²) in [4.78, 5) is 10.7. The van der Waals surface area contributed by atoms with Gasteiger partial charge in [0, 0.05) is 12.5 Å². The van der Waals surface area contributed by atoms with E-state index in [-0.39, 0.29) is 6.61 Å². The first-order valence-electron chi connectivity index (χ1n) is 5.51. The highest BCUT2D eigenvalue weighted by Gasteiger charge is 2.23. The first-order chi connectivity index (χ1) is 8.12. The molecule has 0 saturated heterocycles. The molecule has 1 rings (SSSR count). The summed E-state index contributed by atoms with van der Waals surface area (Å²) in [5.74, 6) is 0.960. The van der Waals surface area contributed by atoms with Crippen molar-refractivity contribution in [3.8, 4) is 0 Å². The van der Waals surface area contributed by atoms with Crippen molar-refractivity contribution in [2.45, 2.75) is 32.0 Å². The molecule has 96 valence electrons. The van der Waals surface area contributed by atoms with Crippen LogP contribution in [0.2, 0.25) is 0 Å². The normalized spacial score (nSPS) is 21.6. The van der Waals surface area contributed by atoms with Crippen LogP contribution in [0.4, 0.5) is 0 Å². The number of hydrogen-bond donors (Lipinski definition) is 2. The molecule has 1 aliphatic rings. The largest absolute Gasteiger partial charge is 0.496 e. The van der Waals surface area contributed by atoms with E-state index < -0.39 is 12.2 Å². The second-order valence-corrected chi connectivity index (χ2v) is 3.90. The number of aliphatic hydroxyl groups is 2. The highest BCUT2D eigenvalue weighted by Crippen LogP contribution is 2.27. The molecule has 1 aliphatic heterocycles. The summed E-state index contributed by atoms with van der Waals surface area (Å²) < 4.78 is 10.5. The second-order valence-electron chi connectivity index (χ2n) is 3.90. The van der Waals surface area contributed by atoms with Gasteiger partial charge in [-0.25, -0.2) is 0 Å². The van der Waals surface area contributed by atoms with Gasteiger partial charge in [0.25, 0.3) is 0 Å². The van der Waals surface area contributed by atoms with Gasteiger partial charge >= 0.3 is 0 Å². The molecule has 0 bridgehead atoms. The van der Waals surface area contributed by atoms with Gasteiger partial charge in [-0.2, -0.15) is 0 Å². The lowest BCUT2D eigenvalue weighted by atomic mass is 10.0. The van der Waals surface area contributed by atoms with Crippen molar-refractivity contribution >= 4 is 6.29 Å². The maximum absolute atomic E-state index is 10.7. The van der Waals surface area contributed by atoms with Gasteiger partial charge in [-0.15, -0.1) is 0 Å². The van der Waals surface area contributed by atoms with Gasteiger partial charge in [0.2, 0.25) is 0 Å². The van der Waals surface area contributed by atoms with Gasteiger partial charge < -0.3 is 19.7 Å². The molecule has 0 saturated carbocycles. The lowest BCUT2D eigenvalue weighted by Crippen LogP contribution is -2.21. The van der Waals surface area contributed by atoms with E-state index in [0.29, 0.717) is 36.2 Å². The number of methoxy groups -OCH3 is 1. The van der Waals surface area contributed by atoms with Gasteiger partial charge in [-0.3, -0.25) is 4.79 Å². The average molecular weight is 242 g/mol. The number of carbonyl (C=O) groups is 1. The lowest BCUT2D eigenvalue weighted by molar-refractivity contribution is -0.114. The minimum atomic E-state index is -0.691. The van der Waals surface area contributed by atoms with Gasteiger partial charge in [0.15, 0.2) is 12.4 Å². The molecule has 1 heterocycles. The molecule has 0 radical (unpaired) electrons. The van der Waals surface area contributed by atoms with Crippen LogP contribution in [0.15, 0.2) is 23.2 Å². The molecule has 5 nitrogen and oxygen atoms in total. The predicted octanol–water partition coefficient (Wildman–Crippen LogP) is 0.522. The molecular formula is C12H18O5. The molecule has 5 heteroatoms. The molecule has 17 heavy (non-hydrogen) atoms. The smallest absolute Gasteiger partial charge is 0.175 e. The Morgan fingerprint density at radius 3 is 2.82 bits per heavy atom. The number of ether oxygens (including phenoxy) is 2. The number of aliphatic hydroxyl groups excluding tert-OH is 2. The fraction of sp³-hybridized carbons (Fsp3) is 0.583. The molecular weight excluding hydrogens is 224 g/mol. The summed E-state index contributed by atoms with van der Waals surface area (Å²) in [7, 11) is 1.47. The Morgan fingerprint density at radius 1 is 1.65 bits per heavy atom. The highest BCUT2D eigenvalue weighted by atomic mass is 16.5. The molecule has 0 aromatic heterocycles. The number of carbonyl (C=O) groups excluding carboxylic acids is 1. The van der Waals surface area contributed by atoms with E-state index in [1.165, 1.54) is 13.2 Å². The van der Waals surface area contributed by atoms with Crippen LogP contribution in [0.5, 0.6) is 0 Å². The zero-order valence-corrected chi connectivity index (χ0v) is 10.0. The van der Waals surface area contributed by atoms with E-state index in [0.717, 1.165) is 0 Å². The van der Waals surface area contributed by atoms with Crippen LogP contribution in [0, 0.1) is 0 Å². The van der Waals surface area contributed by atoms with Crippen molar-refractivity contribution in [1.82, 2.24) is 0 Å². The molecule has 0 spiro atoms. The molecule has 2 unspecified atom stereocenters. The number of aldehydes is 1. The quantitative estimate of drug-likeness (QED) is 0.664. The number of allylic oxidation sites excluding steroid dienone is 1. The van der Waals surface area contributed by atoms with Gasteiger partial charge in [-0.1, -0.05) is 0 Å². The first-order valence-corrected chi connectivity index (χ1v) is 5.51. The Labute approximate surface area is 100 Å². The summed E-state index contributed by atoms with van der Waals surface area (Å²) in [5, 5.41) is 18.5. The van der Waals surface area contributed by atoms with Crippen LogP contribution in [0.1, 0.15) is 19.8 Å². The SMILES string of the molecule is COC1=CC(C=O)OC(CCC(C)O)=C1CO. The number of rotatable bonds is 6. The van der Waals surface area contributed by atoms with Crippen molar-refractivity contribution in [1.29, 1.82) is 0 Å². The van der Waals surface area contributed by atoms with E-state index in [2.05, 4.69) is 0 Å². The number of hydrogen-bond acceptors (Lipinski definition) is 5. The van der Waals surface area contributed by atoms with Crippen molar-refractivity contribution in [2.75, 3.05) is 13.7 Å². The van der Waals surface area contributed by atoms with Crippen LogP contribution in [0.25, 0.3) is 0 Å². The fourth-order valence-electron chi connectivity index (χ4n) is 1.63. The van der Waals surface area contributed by atoms with Crippen LogP contribution in [-0.2, 0) is 14.3 Å².